The normalized spacial score (nSPS) is 18.9. The third kappa shape index (κ3) is 3.88. The number of hydrogen-bond donors (Lipinski definition) is 1. The summed E-state index contributed by atoms with van der Waals surface area (Å²) >= 11 is 0. The Morgan fingerprint density at radius 1 is 1.12 bits per heavy atom. The molecule has 8 heteroatoms. The van der Waals surface area contributed by atoms with Gasteiger partial charge in [-0.3, -0.25) is 4.79 Å². The van der Waals surface area contributed by atoms with Crippen molar-refractivity contribution in [3.05, 3.63) is 24.3 Å². The van der Waals surface area contributed by atoms with E-state index in [0.717, 1.165) is 0 Å². The topological polar surface area (TPSA) is 92.9 Å². The number of ether oxygens (including phenoxy) is 1. The van der Waals surface area contributed by atoms with Gasteiger partial charge in [-0.15, -0.1) is 0 Å². The number of benzene rings is 1. The predicted octanol–water partition coefficient (Wildman–Crippen LogP) is 0.511. The Hall–Kier alpha value is -1.64. The van der Waals surface area contributed by atoms with Gasteiger partial charge in [0.05, 0.1) is 17.9 Å². The van der Waals surface area contributed by atoms with Gasteiger partial charge in [-0.2, -0.15) is 4.31 Å². The molecule has 2 atom stereocenters. The number of carbonyl (C=O) groups is 1. The van der Waals surface area contributed by atoms with Crippen LogP contribution in [0.3, 0.4) is 0 Å². The van der Waals surface area contributed by atoms with Crippen LogP contribution in [0.1, 0.15) is 13.8 Å². The largest absolute Gasteiger partial charge is 0.497 e. The lowest BCUT2D eigenvalue weighted by atomic mass is 10.0. The SMILES string of the molecule is COc1ccc(S(=O)(=O)N2CCN(C(=O)C(C)C(C)N)CC2)cc1. The lowest BCUT2D eigenvalue weighted by Crippen LogP contribution is -2.53. The van der Waals surface area contributed by atoms with Crippen LogP contribution >= 0.6 is 0 Å². The summed E-state index contributed by atoms with van der Waals surface area (Å²) in [7, 11) is -2.03. The van der Waals surface area contributed by atoms with Gasteiger partial charge in [0.2, 0.25) is 15.9 Å². The van der Waals surface area contributed by atoms with Crippen molar-refractivity contribution in [2.75, 3.05) is 33.3 Å². The lowest BCUT2D eigenvalue weighted by Gasteiger charge is -2.35. The zero-order valence-electron chi connectivity index (χ0n) is 14.3. The van der Waals surface area contributed by atoms with Gasteiger partial charge in [0, 0.05) is 32.2 Å². The van der Waals surface area contributed by atoms with E-state index < -0.39 is 10.0 Å². The third-order valence-corrected chi connectivity index (χ3v) is 6.34. The fourth-order valence-corrected chi connectivity index (χ4v) is 3.98. The summed E-state index contributed by atoms with van der Waals surface area (Å²) in [5.74, 6) is 0.315. The van der Waals surface area contributed by atoms with E-state index >= 15 is 0 Å². The average Bonchev–Trinajstić information content (AvgIpc) is 2.60. The summed E-state index contributed by atoms with van der Waals surface area (Å²) in [4.78, 5) is 14.2. The minimum absolute atomic E-state index is 0.0218. The first-order valence-corrected chi connectivity index (χ1v) is 9.40. The van der Waals surface area contributed by atoms with Crippen molar-refractivity contribution in [2.24, 2.45) is 11.7 Å². The number of carbonyl (C=O) groups excluding carboxylic acids is 1. The van der Waals surface area contributed by atoms with E-state index in [4.69, 9.17) is 10.5 Å². The van der Waals surface area contributed by atoms with E-state index in [1.165, 1.54) is 23.5 Å². The molecule has 0 aromatic heterocycles. The second-order valence-electron chi connectivity index (χ2n) is 6.05. The minimum atomic E-state index is -3.56. The second kappa shape index (κ2) is 7.50. The summed E-state index contributed by atoms with van der Waals surface area (Å²) in [6.45, 7) is 4.93. The molecule has 1 heterocycles. The highest BCUT2D eigenvalue weighted by molar-refractivity contribution is 7.89. The molecule has 1 aromatic rings. The molecule has 0 bridgehead atoms. The van der Waals surface area contributed by atoms with Gasteiger partial charge < -0.3 is 15.4 Å². The van der Waals surface area contributed by atoms with Crippen molar-refractivity contribution in [3.8, 4) is 5.75 Å². The van der Waals surface area contributed by atoms with Gasteiger partial charge in [0.25, 0.3) is 0 Å². The maximum absolute atomic E-state index is 12.7. The van der Waals surface area contributed by atoms with Crippen LogP contribution in [0.25, 0.3) is 0 Å². The molecule has 2 rings (SSSR count). The van der Waals surface area contributed by atoms with E-state index in [-0.39, 0.29) is 35.9 Å². The third-order valence-electron chi connectivity index (χ3n) is 4.43. The van der Waals surface area contributed by atoms with E-state index in [2.05, 4.69) is 0 Å². The van der Waals surface area contributed by atoms with Crippen LogP contribution in [0.15, 0.2) is 29.2 Å². The molecule has 24 heavy (non-hydrogen) atoms. The molecule has 0 aliphatic carbocycles. The standard InChI is InChI=1S/C16H25N3O4S/c1-12(13(2)17)16(20)18-8-10-19(11-9-18)24(21,22)15-6-4-14(23-3)5-7-15/h4-7,12-13H,8-11,17H2,1-3H3. The molecule has 7 nitrogen and oxygen atoms in total. The summed E-state index contributed by atoms with van der Waals surface area (Å²) < 4.78 is 31.8. The first-order valence-electron chi connectivity index (χ1n) is 7.96. The first kappa shape index (κ1) is 18.7. The second-order valence-corrected chi connectivity index (χ2v) is 7.99. The number of rotatable bonds is 5. The number of nitrogens with two attached hydrogens (primary N) is 1. The van der Waals surface area contributed by atoms with Crippen LogP contribution in [0, 0.1) is 5.92 Å². The van der Waals surface area contributed by atoms with Crippen LogP contribution in [-0.2, 0) is 14.8 Å². The Labute approximate surface area is 143 Å². The zero-order chi connectivity index (χ0) is 17.9. The maximum Gasteiger partial charge on any atom is 0.243 e. The number of hydrogen-bond acceptors (Lipinski definition) is 5. The highest BCUT2D eigenvalue weighted by Crippen LogP contribution is 2.21. The molecular formula is C16H25N3O4S. The van der Waals surface area contributed by atoms with E-state index in [9.17, 15) is 13.2 Å². The maximum atomic E-state index is 12.7. The summed E-state index contributed by atoms with van der Waals surface area (Å²) in [5.41, 5.74) is 5.78. The zero-order valence-corrected chi connectivity index (χ0v) is 15.1. The Kier molecular flexibility index (Phi) is 5.84. The van der Waals surface area contributed by atoms with Gasteiger partial charge in [-0.1, -0.05) is 6.92 Å². The van der Waals surface area contributed by atoms with Crippen LogP contribution in [0.4, 0.5) is 0 Å². The van der Waals surface area contributed by atoms with Crippen LogP contribution < -0.4 is 10.5 Å². The molecule has 0 spiro atoms. The van der Waals surface area contributed by atoms with Crippen molar-refractivity contribution in [2.45, 2.75) is 24.8 Å². The minimum Gasteiger partial charge on any atom is -0.497 e. The van der Waals surface area contributed by atoms with Gasteiger partial charge in [-0.25, -0.2) is 8.42 Å². The summed E-state index contributed by atoms with van der Waals surface area (Å²) in [5, 5.41) is 0. The molecule has 1 amide bonds. The van der Waals surface area contributed by atoms with Crippen molar-refractivity contribution in [3.63, 3.8) is 0 Å². The highest BCUT2D eigenvalue weighted by Gasteiger charge is 2.32. The quantitative estimate of drug-likeness (QED) is 0.831. The molecule has 0 radical (unpaired) electrons. The molecule has 0 saturated carbocycles. The highest BCUT2D eigenvalue weighted by atomic mass is 32.2. The predicted molar refractivity (Wildman–Crippen MR) is 91.1 cm³/mol. The van der Waals surface area contributed by atoms with Crippen LogP contribution in [-0.4, -0.2) is 62.9 Å². The van der Waals surface area contributed by atoms with Crippen LogP contribution in [0.5, 0.6) is 5.75 Å². The molecular weight excluding hydrogens is 330 g/mol. The van der Waals surface area contributed by atoms with Crippen LogP contribution in [0.2, 0.25) is 0 Å². The number of amides is 1. The summed E-state index contributed by atoms with van der Waals surface area (Å²) in [6, 6.07) is 6.08. The van der Waals surface area contributed by atoms with E-state index in [0.29, 0.717) is 18.8 Å². The molecule has 2 N–H and O–H groups in total. The fraction of sp³-hybridized carbons (Fsp3) is 0.562. The van der Waals surface area contributed by atoms with E-state index in [1.807, 2.05) is 0 Å². The molecule has 1 fully saturated rings. The molecule has 2 unspecified atom stereocenters. The van der Waals surface area contributed by atoms with Crippen molar-refractivity contribution >= 4 is 15.9 Å². The van der Waals surface area contributed by atoms with E-state index in [1.54, 1.807) is 30.9 Å². The Morgan fingerprint density at radius 2 is 1.67 bits per heavy atom. The van der Waals surface area contributed by atoms with Gasteiger partial charge in [-0.05, 0) is 31.2 Å². The number of nitrogens with zero attached hydrogens (tertiary/aromatic N) is 2. The smallest absolute Gasteiger partial charge is 0.243 e. The molecule has 1 aromatic carbocycles. The number of methoxy groups -OCH3 is 1. The van der Waals surface area contributed by atoms with Crippen molar-refractivity contribution in [1.29, 1.82) is 0 Å². The summed E-state index contributed by atoms with van der Waals surface area (Å²) in [6.07, 6.45) is 0. The monoisotopic (exact) mass is 355 g/mol. The average molecular weight is 355 g/mol. The molecule has 134 valence electrons. The molecule has 1 saturated heterocycles. The van der Waals surface area contributed by atoms with Crippen molar-refractivity contribution in [1.82, 2.24) is 9.21 Å². The Balaban J connectivity index is 2.04. The molecule has 1 aliphatic heterocycles. The van der Waals surface area contributed by atoms with Gasteiger partial charge >= 0.3 is 0 Å². The number of sulfonamides is 1. The Morgan fingerprint density at radius 3 is 2.12 bits per heavy atom. The first-order chi connectivity index (χ1) is 11.3. The fourth-order valence-electron chi connectivity index (χ4n) is 2.56. The number of piperazine rings is 1. The Bertz CT molecular complexity index is 665. The van der Waals surface area contributed by atoms with Crippen molar-refractivity contribution < 1.29 is 17.9 Å². The molecule has 1 aliphatic rings. The van der Waals surface area contributed by atoms with Gasteiger partial charge in [0.1, 0.15) is 5.75 Å². The van der Waals surface area contributed by atoms with Gasteiger partial charge in [0.15, 0.2) is 0 Å². The lowest BCUT2D eigenvalue weighted by molar-refractivity contribution is -0.136.